The molecule has 1 rings (SSSR count). The Kier molecular flexibility index (Phi) is 6.25. The summed E-state index contributed by atoms with van der Waals surface area (Å²) in [6.07, 6.45) is 2.70. The predicted molar refractivity (Wildman–Crippen MR) is 80.4 cm³/mol. The van der Waals surface area contributed by atoms with Gasteiger partial charge in [-0.15, -0.1) is 0 Å². The summed E-state index contributed by atoms with van der Waals surface area (Å²) >= 11 is 0. The van der Waals surface area contributed by atoms with Crippen molar-refractivity contribution in [3.63, 3.8) is 0 Å². The molecule has 120 valence electrons. The van der Waals surface area contributed by atoms with Crippen molar-refractivity contribution in [3.8, 4) is 17.2 Å². The average Bonchev–Trinajstić information content (AvgIpc) is 2.51. The van der Waals surface area contributed by atoms with E-state index in [4.69, 9.17) is 19.3 Å². The van der Waals surface area contributed by atoms with Crippen LogP contribution in [0.3, 0.4) is 0 Å². The van der Waals surface area contributed by atoms with Crippen LogP contribution in [0.4, 0.5) is 0 Å². The number of nitrogens with one attached hydrogen (secondary N) is 1. The van der Waals surface area contributed by atoms with Crippen molar-refractivity contribution in [3.05, 3.63) is 23.8 Å². The number of rotatable bonds is 7. The highest BCUT2D eigenvalue weighted by atomic mass is 16.5. The van der Waals surface area contributed by atoms with Gasteiger partial charge < -0.3 is 24.6 Å². The number of carbonyl (C=O) groups is 2. The molecule has 0 aliphatic rings. The lowest BCUT2D eigenvalue weighted by Crippen LogP contribution is -2.37. The maximum atomic E-state index is 11.7. The number of ether oxygens (including phenoxy) is 3. The Morgan fingerprint density at radius 3 is 2.09 bits per heavy atom. The summed E-state index contributed by atoms with van der Waals surface area (Å²) in [5, 5.41) is 11.1. The monoisotopic (exact) mass is 309 g/mol. The number of carboxylic acids is 1. The van der Waals surface area contributed by atoms with Crippen LogP contribution in [0.1, 0.15) is 12.5 Å². The molecule has 0 spiro atoms. The lowest BCUT2D eigenvalue weighted by atomic mass is 10.1. The van der Waals surface area contributed by atoms with E-state index in [1.807, 2.05) is 0 Å². The molecule has 1 atom stereocenters. The fraction of sp³-hybridized carbons (Fsp3) is 0.333. The fourth-order valence-corrected chi connectivity index (χ4v) is 1.68. The predicted octanol–water partition coefficient (Wildman–Crippen LogP) is 1.31. The van der Waals surface area contributed by atoms with Crippen molar-refractivity contribution in [2.75, 3.05) is 21.3 Å². The van der Waals surface area contributed by atoms with Crippen LogP contribution in [0.2, 0.25) is 0 Å². The van der Waals surface area contributed by atoms with Gasteiger partial charge in [0.05, 0.1) is 26.9 Å². The van der Waals surface area contributed by atoms with E-state index in [1.54, 1.807) is 12.1 Å². The molecule has 0 aliphatic heterocycles. The maximum absolute atomic E-state index is 11.7. The highest BCUT2D eigenvalue weighted by molar-refractivity contribution is 5.95. The number of hydrogen-bond donors (Lipinski definition) is 2. The topological polar surface area (TPSA) is 94.1 Å². The summed E-state index contributed by atoms with van der Waals surface area (Å²) in [4.78, 5) is 22.4. The van der Waals surface area contributed by atoms with Crippen molar-refractivity contribution >= 4 is 18.0 Å². The minimum Gasteiger partial charge on any atom is -0.496 e. The first-order valence-electron chi connectivity index (χ1n) is 6.44. The van der Waals surface area contributed by atoms with Crippen molar-refractivity contribution in [1.29, 1.82) is 0 Å². The third-order valence-corrected chi connectivity index (χ3v) is 2.88. The first-order valence-corrected chi connectivity index (χ1v) is 6.44. The van der Waals surface area contributed by atoms with Gasteiger partial charge in [-0.1, -0.05) is 0 Å². The third-order valence-electron chi connectivity index (χ3n) is 2.88. The van der Waals surface area contributed by atoms with Gasteiger partial charge in [-0.3, -0.25) is 9.59 Å². The van der Waals surface area contributed by atoms with E-state index in [0.29, 0.717) is 22.8 Å². The molecule has 1 amide bonds. The van der Waals surface area contributed by atoms with Gasteiger partial charge in [0, 0.05) is 18.2 Å². The molecule has 22 heavy (non-hydrogen) atoms. The minimum atomic E-state index is -1.11. The van der Waals surface area contributed by atoms with E-state index in [-0.39, 0.29) is 0 Å². The molecule has 0 saturated heterocycles. The Balaban J connectivity index is 3.03. The van der Waals surface area contributed by atoms with E-state index >= 15 is 0 Å². The summed E-state index contributed by atoms with van der Waals surface area (Å²) in [6, 6.07) is 2.33. The molecule has 0 bridgehead atoms. The number of benzene rings is 1. The van der Waals surface area contributed by atoms with Gasteiger partial charge in [0.1, 0.15) is 23.3 Å². The molecule has 0 saturated carbocycles. The zero-order valence-corrected chi connectivity index (χ0v) is 12.9. The molecule has 0 heterocycles. The van der Waals surface area contributed by atoms with Crippen LogP contribution < -0.4 is 19.5 Å². The van der Waals surface area contributed by atoms with E-state index in [0.717, 1.165) is 0 Å². The summed E-state index contributed by atoms with van der Waals surface area (Å²) in [6.45, 7) is 1.38. The Bertz CT molecular complexity index is 556. The number of aliphatic carboxylic acids is 1. The molecular formula is C15H19NO6. The van der Waals surface area contributed by atoms with Crippen LogP contribution >= 0.6 is 0 Å². The van der Waals surface area contributed by atoms with E-state index in [9.17, 15) is 9.59 Å². The largest absolute Gasteiger partial charge is 0.496 e. The minimum absolute atomic E-state index is 0.464. The van der Waals surface area contributed by atoms with Crippen LogP contribution in [0.15, 0.2) is 18.2 Å². The number of carboxylic acid groups (broad SMARTS) is 1. The molecule has 7 nitrogen and oxygen atoms in total. The van der Waals surface area contributed by atoms with Crippen molar-refractivity contribution in [2.24, 2.45) is 0 Å². The maximum Gasteiger partial charge on any atom is 0.325 e. The normalized spacial score (nSPS) is 11.8. The zero-order valence-electron chi connectivity index (χ0n) is 12.9. The lowest BCUT2D eigenvalue weighted by Gasteiger charge is -2.12. The van der Waals surface area contributed by atoms with Gasteiger partial charge in [0.2, 0.25) is 5.91 Å². The third kappa shape index (κ3) is 4.41. The first-order chi connectivity index (χ1) is 10.4. The smallest absolute Gasteiger partial charge is 0.325 e. The van der Waals surface area contributed by atoms with Gasteiger partial charge >= 0.3 is 5.97 Å². The second kappa shape index (κ2) is 7.92. The van der Waals surface area contributed by atoms with Crippen LogP contribution in [-0.4, -0.2) is 44.4 Å². The Morgan fingerprint density at radius 2 is 1.68 bits per heavy atom. The van der Waals surface area contributed by atoms with Crippen molar-refractivity contribution < 1.29 is 28.9 Å². The molecular weight excluding hydrogens is 290 g/mol. The first kappa shape index (κ1) is 17.4. The molecule has 0 fully saturated rings. The lowest BCUT2D eigenvalue weighted by molar-refractivity contribution is -0.140. The van der Waals surface area contributed by atoms with Gasteiger partial charge in [0.15, 0.2) is 0 Å². The zero-order chi connectivity index (χ0) is 16.7. The molecule has 0 radical (unpaired) electrons. The highest BCUT2D eigenvalue weighted by Gasteiger charge is 2.14. The standard InChI is InChI=1S/C15H19NO6/c1-9(15(18)19)16-14(17)6-5-11-12(21-3)7-10(20-2)8-13(11)22-4/h5-9H,1-4H3,(H,16,17)(H,18,19)/b6-5+/t9-/m0/s1. The molecule has 0 unspecified atom stereocenters. The Labute approximate surface area is 128 Å². The molecule has 7 heteroatoms. The number of hydrogen-bond acceptors (Lipinski definition) is 5. The summed E-state index contributed by atoms with van der Waals surface area (Å²) < 4.78 is 15.6. The van der Waals surface area contributed by atoms with Crippen LogP contribution in [-0.2, 0) is 9.59 Å². The van der Waals surface area contributed by atoms with Crippen molar-refractivity contribution in [1.82, 2.24) is 5.32 Å². The van der Waals surface area contributed by atoms with Crippen molar-refractivity contribution in [2.45, 2.75) is 13.0 Å². The molecule has 0 aromatic heterocycles. The number of carbonyl (C=O) groups excluding carboxylic acids is 1. The van der Waals surface area contributed by atoms with Gasteiger partial charge in [0.25, 0.3) is 0 Å². The molecule has 2 N–H and O–H groups in total. The molecule has 0 aliphatic carbocycles. The van der Waals surface area contributed by atoms with Gasteiger partial charge in [-0.2, -0.15) is 0 Å². The number of amides is 1. The van der Waals surface area contributed by atoms with E-state index < -0.39 is 17.9 Å². The quantitative estimate of drug-likeness (QED) is 0.738. The Hall–Kier alpha value is -2.70. The SMILES string of the molecule is COc1cc(OC)c(/C=C/C(=O)N[C@@H](C)C(=O)O)c(OC)c1. The second-order valence-electron chi connectivity index (χ2n) is 4.35. The number of methoxy groups -OCH3 is 3. The van der Waals surface area contributed by atoms with E-state index in [2.05, 4.69) is 5.32 Å². The molecule has 1 aromatic carbocycles. The Morgan fingerprint density at radius 1 is 1.14 bits per heavy atom. The van der Waals surface area contributed by atoms with Crippen LogP contribution in [0, 0.1) is 0 Å². The van der Waals surface area contributed by atoms with Gasteiger partial charge in [-0.05, 0) is 13.0 Å². The summed E-state index contributed by atoms with van der Waals surface area (Å²) in [7, 11) is 4.49. The van der Waals surface area contributed by atoms with Crippen LogP contribution in [0.25, 0.3) is 6.08 Å². The van der Waals surface area contributed by atoms with Crippen LogP contribution in [0.5, 0.6) is 17.2 Å². The summed E-state index contributed by atoms with van der Waals surface area (Å²) in [5.74, 6) is -0.163. The highest BCUT2D eigenvalue weighted by Crippen LogP contribution is 2.34. The van der Waals surface area contributed by atoms with E-state index in [1.165, 1.54) is 40.4 Å². The average molecular weight is 309 g/mol. The molecule has 1 aromatic rings. The summed E-state index contributed by atoms with van der Waals surface area (Å²) in [5.41, 5.74) is 0.545. The fourth-order valence-electron chi connectivity index (χ4n) is 1.68. The second-order valence-corrected chi connectivity index (χ2v) is 4.35. The van der Waals surface area contributed by atoms with Gasteiger partial charge in [-0.25, -0.2) is 0 Å².